The smallest absolute Gasteiger partial charge is 0.264 e. The summed E-state index contributed by atoms with van der Waals surface area (Å²) >= 11 is 0. The van der Waals surface area contributed by atoms with Crippen molar-refractivity contribution in [1.82, 2.24) is 4.90 Å². The van der Waals surface area contributed by atoms with Crippen molar-refractivity contribution in [2.45, 2.75) is 71.6 Å². The Morgan fingerprint density at radius 3 is 2.38 bits per heavy atom. The minimum Gasteiger partial charge on any atom is -0.481 e. The van der Waals surface area contributed by atoms with Crippen LogP contribution in [-0.2, 0) is 23.3 Å². The van der Waals surface area contributed by atoms with Gasteiger partial charge in [0.1, 0.15) is 23.0 Å². The predicted molar refractivity (Wildman–Crippen MR) is 123 cm³/mol. The fourth-order valence-corrected chi connectivity index (χ4v) is 3.93. The first-order chi connectivity index (χ1) is 15.2. The molecule has 1 aromatic carbocycles. The standard InChI is InChI=1S/C27H33NO4/c1-18-15-24(18)25-13-12-23(32-25)17-28(16-22-7-6-14-30-22)26(29)19(2)31-21-10-8-20(9-11-21)27(3,4)5/h6-14,18-19,24H,15-17H2,1-5H3. The van der Waals surface area contributed by atoms with Crippen molar-refractivity contribution in [2.24, 2.45) is 5.92 Å². The molecule has 0 saturated heterocycles. The highest BCUT2D eigenvalue weighted by Crippen LogP contribution is 2.47. The van der Waals surface area contributed by atoms with Gasteiger partial charge >= 0.3 is 0 Å². The Balaban J connectivity index is 1.45. The second kappa shape index (κ2) is 8.89. The Morgan fingerprint density at radius 1 is 1.09 bits per heavy atom. The van der Waals surface area contributed by atoms with Gasteiger partial charge in [0.2, 0.25) is 0 Å². The van der Waals surface area contributed by atoms with E-state index < -0.39 is 6.10 Å². The van der Waals surface area contributed by atoms with E-state index in [1.807, 2.05) is 36.4 Å². The van der Waals surface area contributed by atoms with E-state index in [0.29, 0.717) is 30.7 Å². The van der Waals surface area contributed by atoms with Gasteiger partial charge in [0.15, 0.2) is 6.10 Å². The number of carbonyl (C=O) groups excluding carboxylic acids is 1. The number of furan rings is 2. The second-order valence-corrected chi connectivity index (χ2v) is 9.93. The molecular formula is C27H33NO4. The van der Waals surface area contributed by atoms with Crippen molar-refractivity contribution in [2.75, 3.05) is 0 Å². The van der Waals surface area contributed by atoms with Crippen LogP contribution in [0.4, 0.5) is 0 Å². The molecule has 3 unspecified atom stereocenters. The molecule has 32 heavy (non-hydrogen) atoms. The molecule has 1 aliphatic rings. The Labute approximate surface area is 190 Å². The van der Waals surface area contributed by atoms with E-state index in [1.165, 1.54) is 12.0 Å². The van der Waals surface area contributed by atoms with Gasteiger partial charge in [-0.25, -0.2) is 0 Å². The number of nitrogens with zero attached hydrogens (tertiary/aromatic N) is 1. The fraction of sp³-hybridized carbons (Fsp3) is 0.444. The van der Waals surface area contributed by atoms with Crippen molar-refractivity contribution in [3.8, 4) is 5.75 Å². The van der Waals surface area contributed by atoms with Crippen LogP contribution >= 0.6 is 0 Å². The van der Waals surface area contributed by atoms with Crippen LogP contribution in [0.3, 0.4) is 0 Å². The quantitative estimate of drug-likeness (QED) is 0.417. The lowest BCUT2D eigenvalue weighted by Gasteiger charge is -2.25. The van der Waals surface area contributed by atoms with Crippen molar-refractivity contribution < 1.29 is 18.4 Å². The van der Waals surface area contributed by atoms with E-state index in [4.69, 9.17) is 13.6 Å². The van der Waals surface area contributed by atoms with Gasteiger partial charge in [-0.3, -0.25) is 4.79 Å². The normalized spacial score (nSPS) is 18.9. The van der Waals surface area contributed by atoms with E-state index in [9.17, 15) is 4.79 Å². The summed E-state index contributed by atoms with van der Waals surface area (Å²) in [7, 11) is 0. The van der Waals surface area contributed by atoms with E-state index in [2.05, 4.69) is 39.8 Å². The van der Waals surface area contributed by atoms with Crippen LogP contribution in [0.15, 0.2) is 63.6 Å². The van der Waals surface area contributed by atoms with Crippen LogP contribution in [0.5, 0.6) is 5.75 Å². The molecule has 0 N–H and O–H groups in total. The van der Waals surface area contributed by atoms with Gasteiger partial charge in [0, 0.05) is 5.92 Å². The van der Waals surface area contributed by atoms with Gasteiger partial charge < -0.3 is 18.5 Å². The van der Waals surface area contributed by atoms with Gasteiger partial charge in [0.05, 0.1) is 19.4 Å². The van der Waals surface area contributed by atoms with E-state index in [-0.39, 0.29) is 11.3 Å². The van der Waals surface area contributed by atoms with Crippen molar-refractivity contribution >= 4 is 5.91 Å². The van der Waals surface area contributed by atoms with Crippen LogP contribution in [0.25, 0.3) is 0 Å². The zero-order valence-electron chi connectivity index (χ0n) is 19.6. The lowest BCUT2D eigenvalue weighted by atomic mass is 9.87. The first kappa shape index (κ1) is 22.3. The largest absolute Gasteiger partial charge is 0.481 e. The molecule has 5 heteroatoms. The first-order valence-corrected chi connectivity index (χ1v) is 11.4. The molecule has 3 atom stereocenters. The molecular weight excluding hydrogens is 402 g/mol. The third-order valence-electron chi connectivity index (χ3n) is 6.12. The summed E-state index contributed by atoms with van der Waals surface area (Å²) < 4.78 is 17.5. The maximum atomic E-state index is 13.3. The summed E-state index contributed by atoms with van der Waals surface area (Å²) in [5.74, 6) is 4.27. The number of hydrogen-bond donors (Lipinski definition) is 0. The zero-order valence-corrected chi connectivity index (χ0v) is 19.6. The summed E-state index contributed by atoms with van der Waals surface area (Å²) in [5.41, 5.74) is 1.29. The van der Waals surface area contributed by atoms with Crippen LogP contribution in [0, 0.1) is 5.92 Å². The maximum absolute atomic E-state index is 13.3. The topological polar surface area (TPSA) is 55.8 Å². The number of benzene rings is 1. The van der Waals surface area contributed by atoms with Gasteiger partial charge in [-0.1, -0.05) is 39.8 Å². The molecule has 1 aliphatic carbocycles. The van der Waals surface area contributed by atoms with Crippen LogP contribution in [0.2, 0.25) is 0 Å². The third-order valence-corrected chi connectivity index (χ3v) is 6.12. The lowest BCUT2D eigenvalue weighted by Crippen LogP contribution is -2.39. The second-order valence-electron chi connectivity index (χ2n) is 9.93. The molecule has 5 nitrogen and oxygen atoms in total. The molecule has 0 spiro atoms. The summed E-state index contributed by atoms with van der Waals surface area (Å²) in [6.07, 6.45) is 2.15. The number of rotatable bonds is 8. The Kier molecular flexibility index (Phi) is 6.18. The molecule has 2 aromatic heterocycles. The highest BCUT2D eigenvalue weighted by Gasteiger charge is 2.36. The monoisotopic (exact) mass is 435 g/mol. The average molecular weight is 436 g/mol. The maximum Gasteiger partial charge on any atom is 0.264 e. The molecule has 1 amide bonds. The highest BCUT2D eigenvalue weighted by atomic mass is 16.5. The molecule has 3 aromatic rings. The predicted octanol–water partition coefficient (Wildman–Crippen LogP) is 6.29. The van der Waals surface area contributed by atoms with Crippen molar-refractivity contribution in [3.63, 3.8) is 0 Å². The Morgan fingerprint density at radius 2 is 1.78 bits per heavy atom. The lowest BCUT2D eigenvalue weighted by molar-refractivity contribution is -0.139. The van der Waals surface area contributed by atoms with E-state index >= 15 is 0 Å². The molecule has 0 bridgehead atoms. The summed E-state index contributed by atoms with van der Waals surface area (Å²) in [6.45, 7) is 11.3. The molecule has 170 valence electrons. The van der Waals surface area contributed by atoms with Gasteiger partial charge in [-0.05, 0) is 66.6 Å². The number of hydrogen-bond acceptors (Lipinski definition) is 4. The fourth-order valence-electron chi connectivity index (χ4n) is 3.93. The Hall–Kier alpha value is -2.95. The molecule has 2 heterocycles. The minimum atomic E-state index is -0.636. The van der Waals surface area contributed by atoms with Crippen LogP contribution in [0.1, 0.15) is 69.8 Å². The molecule has 0 radical (unpaired) electrons. The third kappa shape index (κ3) is 5.26. The van der Waals surface area contributed by atoms with Gasteiger partial charge in [-0.15, -0.1) is 0 Å². The molecule has 1 saturated carbocycles. The zero-order chi connectivity index (χ0) is 22.9. The summed E-state index contributed by atoms with van der Waals surface area (Å²) in [5, 5.41) is 0. The van der Waals surface area contributed by atoms with Gasteiger partial charge in [0.25, 0.3) is 5.91 Å². The number of amides is 1. The van der Waals surface area contributed by atoms with Gasteiger partial charge in [-0.2, -0.15) is 0 Å². The van der Waals surface area contributed by atoms with E-state index in [1.54, 1.807) is 18.1 Å². The highest BCUT2D eigenvalue weighted by molar-refractivity contribution is 5.80. The first-order valence-electron chi connectivity index (χ1n) is 11.4. The molecule has 1 fully saturated rings. The van der Waals surface area contributed by atoms with Crippen LogP contribution < -0.4 is 4.74 Å². The molecule has 4 rings (SSSR count). The Bertz CT molecular complexity index is 1030. The SMILES string of the molecule is CC(Oc1ccc(C(C)(C)C)cc1)C(=O)N(Cc1ccco1)Cc1ccc(C2CC2C)o1. The minimum absolute atomic E-state index is 0.0694. The summed E-state index contributed by atoms with van der Waals surface area (Å²) in [4.78, 5) is 15.1. The van der Waals surface area contributed by atoms with Crippen molar-refractivity contribution in [1.29, 1.82) is 0 Å². The van der Waals surface area contributed by atoms with E-state index in [0.717, 1.165) is 17.3 Å². The van der Waals surface area contributed by atoms with Crippen LogP contribution in [-0.4, -0.2) is 16.9 Å². The van der Waals surface area contributed by atoms with Crippen molar-refractivity contribution in [3.05, 3.63) is 77.6 Å². The average Bonchev–Trinajstić information content (AvgIpc) is 3.12. The number of ether oxygens (including phenoxy) is 1. The molecule has 0 aliphatic heterocycles. The summed E-state index contributed by atoms with van der Waals surface area (Å²) in [6, 6.07) is 15.7. The number of carbonyl (C=O) groups is 1.